The van der Waals surface area contributed by atoms with Gasteiger partial charge in [0.2, 0.25) is 0 Å². The molecule has 0 aliphatic carbocycles. The molecule has 1 aromatic carbocycles. The summed E-state index contributed by atoms with van der Waals surface area (Å²) in [6.07, 6.45) is 1.36. The van der Waals surface area contributed by atoms with Gasteiger partial charge < -0.3 is 10.1 Å². The van der Waals surface area contributed by atoms with E-state index < -0.39 is 0 Å². The fourth-order valence-corrected chi connectivity index (χ4v) is 1.92. The van der Waals surface area contributed by atoms with Crippen molar-refractivity contribution in [2.45, 2.75) is 25.8 Å². The van der Waals surface area contributed by atoms with E-state index >= 15 is 0 Å². The number of esters is 1. The van der Waals surface area contributed by atoms with Crippen LogP contribution in [0.3, 0.4) is 0 Å². The van der Waals surface area contributed by atoms with E-state index in [0.29, 0.717) is 13.0 Å². The number of ether oxygens (including phenoxy) is 1. The molecule has 1 aliphatic rings. The molecule has 1 atom stereocenters. The first-order chi connectivity index (χ1) is 7.29. The van der Waals surface area contributed by atoms with Crippen LogP contribution in [0.1, 0.15) is 18.9 Å². The van der Waals surface area contributed by atoms with Crippen LogP contribution < -0.4 is 5.32 Å². The van der Waals surface area contributed by atoms with Crippen molar-refractivity contribution in [1.82, 2.24) is 0 Å². The number of nitrogens with one attached hydrogen (secondary N) is 1. The Hall–Kier alpha value is -1.51. The van der Waals surface area contributed by atoms with Crippen LogP contribution in [0, 0.1) is 0 Å². The lowest BCUT2D eigenvalue weighted by atomic mass is 10.1. The van der Waals surface area contributed by atoms with Gasteiger partial charge in [-0.1, -0.05) is 18.2 Å². The van der Waals surface area contributed by atoms with Gasteiger partial charge in [0.15, 0.2) is 0 Å². The van der Waals surface area contributed by atoms with Crippen LogP contribution in [0.15, 0.2) is 24.3 Å². The lowest BCUT2D eigenvalue weighted by Crippen LogP contribution is -2.21. The third-order valence-electron chi connectivity index (χ3n) is 2.56. The average molecular weight is 205 g/mol. The summed E-state index contributed by atoms with van der Waals surface area (Å²) >= 11 is 0. The van der Waals surface area contributed by atoms with Gasteiger partial charge >= 0.3 is 5.97 Å². The van der Waals surface area contributed by atoms with Crippen molar-refractivity contribution in [3.63, 3.8) is 0 Å². The summed E-state index contributed by atoms with van der Waals surface area (Å²) in [6.45, 7) is 2.28. The highest BCUT2D eigenvalue weighted by molar-refractivity contribution is 5.72. The van der Waals surface area contributed by atoms with E-state index in [1.807, 2.05) is 25.1 Å². The molecule has 0 bridgehead atoms. The number of benzene rings is 1. The summed E-state index contributed by atoms with van der Waals surface area (Å²) < 4.78 is 4.92. The smallest absolute Gasteiger partial charge is 0.307 e. The average Bonchev–Trinajstić information content (AvgIpc) is 2.59. The SMILES string of the molecule is CCOC(=O)CC1Cc2ccccc2N1. The number of hydrogen-bond acceptors (Lipinski definition) is 3. The highest BCUT2D eigenvalue weighted by atomic mass is 16.5. The van der Waals surface area contributed by atoms with Crippen molar-refractivity contribution in [3.8, 4) is 0 Å². The number of anilines is 1. The molecule has 0 radical (unpaired) electrons. The highest BCUT2D eigenvalue weighted by Gasteiger charge is 2.22. The van der Waals surface area contributed by atoms with Gasteiger partial charge in [-0.15, -0.1) is 0 Å². The maximum atomic E-state index is 11.3. The largest absolute Gasteiger partial charge is 0.466 e. The van der Waals surface area contributed by atoms with Crippen LogP contribution in [0.25, 0.3) is 0 Å². The molecule has 0 saturated heterocycles. The zero-order chi connectivity index (χ0) is 10.7. The molecular formula is C12H15NO2. The van der Waals surface area contributed by atoms with Gasteiger partial charge in [0.1, 0.15) is 0 Å². The number of hydrogen-bond donors (Lipinski definition) is 1. The van der Waals surface area contributed by atoms with Crippen LogP contribution in [0.5, 0.6) is 0 Å². The fraction of sp³-hybridized carbons (Fsp3) is 0.417. The monoisotopic (exact) mass is 205 g/mol. The first kappa shape index (κ1) is 10.0. The summed E-state index contributed by atoms with van der Waals surface area (Å²) in [5, 5.41) is 3.32. The van der Waals surface area contributed by atoms with E-state index in [2.05, 4.69) is 11.4 Å². The first-order valence-corrected chi connectivity index (χ1v) is 5.29. The van der Waals surface area contributed by atoms with Crippen molar-refractivity contribution in [2.24, 2.45) is 0 Å². The van der Waals surface area contributed by atoms with E-state index in [9.17, 15) is 4.79 Å². The number of carbonyl (C=O) groups is 1. The summed E-state index contributed by atoms with van der Waals surface area (Å²) in [6, 6.07) is 8.35. The number of para-hydroxylation sites is 1. The van der Waals surface area contributed by atoms with Gasteiger partial charge in [-0.3, -0.25) is 4.79 Å². The molecule has 1 aliphatic heterocycles. The Balaban J connectivity index is 1.93. The maximum Gasteiger partial charge on any atom is 0.307 e. The molecule has 1 aromatic rings. The molecule has 80 valence electrons. The van der Waals surface area contributed by atoms with E-state index in [1.54, 1.807) is 0 Å². The summed E-state index contributed by atoms with van der Waals surface area (Å²) in [7, 11) is 0. The Labute approximate surface area is 89.4 Å². The minimum absolute atomic E-state index is 0.122. The molecule has 3 nitrogen and oxygen atoms in total. The normalized spacial score (nSPS) is 18.1. The Morgan fingerprint density at radius 2 is 2.33 bits per heavy atom. The van der Waals surface area contributed by atoms with Crippen LogP contribution in [-0.2, 0) is 16.0 Å². The van der Waals surface area contributed by atoms with E-state index in [4.69, 9.17) is 4.74 Å². The molecule has 0 fully saturated rings. The molecule has 0 spiro atoms. The predicted molar refractivity (Wildman–Crippen MR) is 58.8 cm³/mol. The lowest BCUT2D eigenvalue weighted by molar-refractivity contribution is -0.143. The molecular weight excluding hydrogens is 190 g/mol. The van der Waals surface area contributed by atoms with E-state index in [0.717, 1.165) is 12.1 Å². The zero-order valence-corrected chi connectivity index (χ0v) is 8.82. The van der Waals surface area contributed by atoms with Gasteiger partial charge in [0.25, 0.3) is 0 Å². The second-order valence-corrected chi connectivity index (χ2v) is 3.71. The quantitative estimate of drug-likeness (QED) is 0.767. The topological polar surface area (TPSA) is 38.3 Å². The van der Waals surface area contributed by atoms with Crippen LogP contribution in [0.2, 0.25) is 0 Å². The van der Waals surface area contributed by atoms with E-state index in [1.165, 1.54) is 5.56 Å². The fourth-order valence-electron chi connectivity index (χ4n) is 1.92. The van der Waals surface area contributed by atoms with Gasteiger partial charge in [-0.05, 0) is 25.0 Å². The van der Waals surface area contributed by atoms with Gasteiger partial charge in [-0.25, -0.2) is 0 Å². The van der Waals surface area contributed by atoms with E-state index in [-0.39, 0.29) is 12.0 Å². The Kier molecular flexibility index (Phi) is 2.90. The standard InChI is InChI=1S/C12H15NO2/c1-2-15-12(14)8-10-7-9-5-3-4-6-11(9)13-10/h3-6,10,13H,2,7-8H2,1H3. The number of rotatable bonds is 3. The van der Waals surface area contributed by atoms with Crippen molar-refractivity contribution < 1.29 is 9.53 Å². The first-order valence-electron chi connectivity index (χ1n) is 5.29. The van der Waals surface area contributed by atoms with Gasteiger partial charge in [0, 0.05) is 11.7 Å². The van der Waals surface area contributed by atoms with Crippen molar-refractivity contribution in [2.75, 3.05) is 11.9 Å². The Bertz CT molecular complexity index is 337. The number of carbonyl (C=O) groups excluding carboxylic acids is 1. The second-order valence-electron chi connectivity index (χ2n) is 3.71. The number of fused-ring (bicyclic) bond motifs is 1. The minimum Gasteiger partial charge on any atom is -0.466 e. The van der Waals surface area contributed by atoms with Crippen LogP contribution in [0.4, 0.5) is 5.69 Å². The summed E-state index contributed by atoms with van der Waals surface area (Å²) in [5.74, 6) is -0.122. The van der Waals surface area contributed by atoms with Crippen molar-refractivity contribution in [3.05, 3.63) is 29.8 Å². The molecule has 1 N–H and O–H groups in total. The molecule has 2 rings (SSSR count). The Morgan fingerprint density at radius 3 is 3.07 bits per heavy atom. The third kappa shape index (κ3) is 2.29. The molecule has 0 amide bonds. The van der Waals surface area contributed by atoms with Gasteiger partial charge in [0.05, 0.1) is 13.0 Å². The minimum atomic E-state index is -0.122. The molecule has 1 unspecified atom stereocenters. The molecule has 15 heavy (non-hydrogen) atoms. The lowest BCUT2D eigenvalue weighted by Gasteiger charge is -2.09. The predicted octanol–water partition coefficient (Wildman–Crippen LogP) is 1.98. The highest BCUT2D eigenvalue weighted by Crippen LogP contribution is 2.26. The van der Waals surface area contributed by atoms with Gasteiger partial charge in [-0.2, -0.15) is 0 Å². The molecule has 0 aromatic heterocycles. The second kappa shape index (κ2) is 4.34. The molecule has 0 saturated carbocycles. The maximum absolute atomic E-state index is 11.3. The summed E-state index contributed by atoms with van der Waals surface area (Å²) in [4.78, 5) is 11.3. The molecule has 3 heteroatoms. The zero-order valence-electron chi connectivity index (χ0n) is 8.82. The van der Waals surface area contributed by atoms with Crippen LogP contribution in [-0.4, -0.2) is 18.6 Å². The third-order valence-corrected chi connectivity index (χ3v) is 2.56. The van der Waals surface area contributed by atoms with Crippen molar-refractivity contribution in [1.29, 1.82) is 0 Å². The van der Waals surface area contributed by atoms with Crippen LogP contribution >= 0.6 is 0 Å². The Morgan fingerprint density at radius 1 is 1.53 bits per heavy atom. The molecule has 1 heterocycles. The van der Waals surface area contributed by atoms with Crippen molar-refractivity contribution >= 4 is 11.7 Å². The summed E-state index contributed by atoms with van der Waals surface area (Å²) in [5.41, 5.74) is 2.43.